The number of pyridine rings is 1. The molecule has 0 aliphatic carbocycles. The number of hydrogen-bond acceptors (Lipinski definition) is 3. The Hall–Kier alpha value is -1.13. The fraction of sp³-hybridized carbons (Fsp3) is 0.533. The highest BCUT2D eigenvalue weighted by molar-refractivity contribution is 6.76. The lowest BCUT2D eigenvalue weighted by atomic mass is 10.2. The Kier molecular flexibility index (Phi) is 5.75. The predicted molar refractivity (Wildman–Crippen MR) is 85.4 cm³/mol. The molecule has 1 heterocycles. The molecular formula is C15H26N2OSi. The first-order valence-electron chi connectivity index (χ1n) is 6.74. The summed E-state index contributed by atoms with van der Waals surface area (Å²) in [4.78, 5) is 6.42. The number of rotatable bonds is 7. The van der Waals surface area contributed by atoms with Gasteiger partial charge in [-0.15, -0.1) is 0 Å². The molecule has 0 aromatic carbocycles. The van der Waals surface area contributed by atoms with Crippen molar-refractivity contribution in [2.75, 3.05) is 18.2 Å². The Morgan fingerprint density at radius 2 is 2.05 bits per heavy atom. The van der Waals surface area contributed by atoms with Crippen LogP contribution in [0.5, 0.6) is 0 Å². The maximum absolute atomic E-state index is 5.75. The normalized spacial score (nSPS) is 11.4. The van der Waals surface area contributed by atoms with Crippen LogP contribution in [-0.4, -0.2) is 26.4 Å². The molecule has 0 radical (unpaired) electrons. The van der Waals surface area contributed by atoms with Crippen LogP contribution in [0.2, 0.25) is 25.7 Å². The maximum atomic E-state index is 5.75. The van der Waals surface area contributed by atoms with E-state index >= 15 is 0 Å². The number of anilines is 1. The Balaban J connectivity index is 2.56. The van der Waals surface area contributed by atoms with Crippen molar-refractivity contribution in [3.63, 3.8) is 0 Å². The number of hydrogen-bond donors (Lipinski definition) is 0. The third-order valence-electron chi connectivity index (χ3n) is 2.91. The lowest BCUT2D eigenvalue weighted by Crippen LogP contribution is -2.26. The second-order valence-corrected chi connectivity index (χ2v) is 11.8. The topological polar surface area (TPSA) is 25.4 Å². The molecular weight excluding hydrogens is 252 g/mol. The standard InChI is InChI=1S/C15H26N2OSi/c1-7-17(12-18-8-9-19(4,5)6)15-14(3)10-13(2)11-16-15/h7,10-11H,1,8-9,12H2,2-6H3. The molecule has 0 saturated heterocycles. The Morgan fingerprint density at radius 1 is 1.37 bits per heavy atom. The molecule has 0 amide bonds. The van der Waals surface area contributed by atoms with Crippen LogP contribution < -0.4 is 4.90 Å². The summed E-state index contributed by atoms with van der Waals surface area (Å²) in [6, 6.07) is 3.30. The van der Waals surface area contributed by atoms with E-state index in [1.807, 2.05) is 18.0 Å². The molecule has 0 unspecified atom stereocenters. The largest absolute Gasteiger partial charge is 0.361 e. The summed E-state index contributed by atoms with van der Waals surface area (Å²) in [5.74, 6) is 0.925. The lowest BCUT2D eigenvalue weighted by molar-refractivity contribution is 0.152. The van der Waals surface area contributed by atoms with E-state index in [2.05, 4.69) is 44.2 Å². The minimum atomic E-state index is -1.02. The van der Waals surface area contributed by atoms with Crippen LogP contribution in [0, 0.1) is 13.8 Å². The molecule has 19 heavy (non-hydrogen) atoms. The smallest absolute Gasteiger partial charge is 0.137 e. The lowest BCUT2D eigenvalue weighted by Gasteiger charge is -2.22. The van der Waals surface area contributed by atoms with E-state index < -0.39 is 8.07 Å². The highest BCUT2D eigenvalue weighted by Gasteiger charge is 2.13. The van der Waals surface area contributed by atoms with Gasteiger partial charge in [0.25, 0.3) is 0 Å². The third-order valence-corrected chi connectivity index (χ3v) is 4.61. The summed E-state index contributed by atoms with van der Waals surface area (Å²) in [5.41, 5.74) is 2.32. The van der Waals surface area contributed by atoms with Gasteiger partial charge in [-0.05, 0) is 31.0 Å². The minimum absolute atomic E-state index is 0.519. The molecule has 0 saturated carbocycles. The fourth-order valence-electron chi connectivity index (χ4n) is 1.75. The zero-order valence-corrected chi connectivity index (χ0v) is 13.9. The highest BCUT2D eigenvalue weighted by Crippen LogP contribution is 2.18. The molecule has 0 bridgehead atoms. The van der Waals surface area contributed by atoms with Crippen molar-refractivity contribution in [1.82, 2.24) is 4.98 Å². The van der Waals surface area contributed by atoms with Crippen molar-refractivity contribution >= 4 is 13.9 Å². The van der Waals surface area contributed by atoms with E-state index in [1.165, 1.54) is 11.6 Å². The van der Waals surface area contributed by atoms with E-state index in [0.29, 0.717) is 6.73 Å². The van der Waals surface area contributed by atoms with Gasteiger partial charge in [-0.1, -0.05) is 32.3 Å². The first kappa shape index (κ1) is 15.9. The van der Waals surface area contributed by atoms with E-state index in [4.69, 9.17) is 4.74 Å². The average Bonchev–Trinajstić information content (AvgIpc) is 2.29. The van der Waals surface area contributed by atoms with Gasteiger partial charge >= 0.3 is 0 Å². The highest BCUT2D eigenvalue weighted by atomic mass is 28.3. The molecule has 0 fully saturated rings. The zero-order chi connectivity index (χ0) is 14.5. The maximum Gasteiger partial charge on any atom is 0.137 e. The molecule has 3 nitrogen and oxygen atoms in total. The van der Waals surface area contributed by atoms with Gasteiger partial charge in [0.2, 0.25) is 0 Å². The summed E-state index contributed by atoms with van der Waals surface area (Å²) in [6.07, 6.45) is 3.65. The summed E-state index contributed by atoms with van der Waals surface area (Å²) in [7, 11) is -1.02. The predicted octanol–water partition coefficient (Wildman–Crippen LogP) is 3.96. The van der Waals surface area contributed by atoms with Crippen molar-refractivity contribution in [1.29, 1.82) is 0 Å². The van der Waals surface area contributed by atoms with E-state index in [1.54, 1.807) is 6.20 Å². The van der Waals surface area contributed by atoms with Crippen LogP contribution in [0.25, 0.3) is 0 Å². The average molecular weight is 278 g/mol. The Labute approximate surface area is 118 Å². The quantitative estimate of drug-likeness (QED) is 0.429. The minimum Gasteiger partial charge on any atom is -0.361 e. The van der Waals surface area contributed by atoms with Gasteiger partial charge in [0.15, 0.2) is 0 Å². The molecule has 1 aromatic heterocycles. The first-order chi connectivity index (χ1) is 8.83. The van der Waals surface area contributed by atoms with E-state index in [0.717, 1.165) is 18.0 Å². The molecule has 0 aliphatic heterocycles. The van der Waals surface area contributed by atoms with Gasteiger partial charge in [0.1, 0.15) is 12.5 Å². The van der Waals surface area contributed by atoms with Crippen LogP contribution in [0.15, 0.2) is 25.0 Å². The van der Waals surface area contributed by atoms with Gasteiger partial charge < -0.3 is 9.64 Å². The molecule has 1 rings (SSSR count). The van der Waals surface area contributed by atoms with Crippen molar-refractivity contribution < 1.29 is 4.74 Å². The van der Waals surface area contributed by atoms with Crippen LogP contribution in [0.1, 0.15) is 11.1 Å². The number of nitrogens with zero attached hydrogens (tertiary/aromatic N) is 2. The van der Waals surface area contributed by atoms with E-state index in [-0.39, 0.29) is 0 Å². The molecule has 1 aromatic rings. The van der Waals surface area contributed by atoms with Crippen molar-refractivity contribution in [2.24, 2.45) is 0 Å². The SMILES string of the molecule is C=CN(COCC[Si](C)(C)C)c1ncc(C)cc1C. The second kappa shape index (κ2) is 6.87. The van der Waals surface area contributed by atoms with Gasteiger partial charge in [-0.25, -0.2) is 4.98 Å². The zero-order valence-electron chi connectivity index (χ0n) is 12.9. The summed E-state index contributed by atoms with van der Waals surface area (Å²) in [5, 5.41) is 0. The molecule has 0 spiro atoms. The van der Waals surface area contributed by atoms with Gasteiger partial charge in [-0.3, -0.25) is 0 Å². The fourth-order valence-corrected chi connectivity index (χ4v) is 2.51. The van der Waals surface area contributed by atoms with Crippen molar-refractivity contribution in [3.8, 4) is 0 Å². The first-order valence-corrected chi connectivity index (χ1v) is 10.4. The van der Waals surface area contributed by atoms with Crippen molar-refractivity contribution in [3.05, 3.63) is 36.2 Å². The van der Waals surface area contributed by atoms with Crippen molar-refractivity contribution in [2.45, 2.75) is 39.5 Å². The van der Waals surface area contributed by atoms with Gasteiger partial charge in [0.05, 0.1) is 0 Å². The van der Waals surface area contributed by atoms with Gasteiger partial charge in [0, 0.05) is 27.1 Å². The van der Waals surface area contributed by atoms with Crippen LogP contribution in [0.4, 0.5) is 5.82 Å². The van der Waals surface area contributed by atoms with Gasteiger partial charge in [-0.2, -0.15) is 0 Å². The monoisotopic (exact) mass is 278 g/mol. The van der Waals surface area contributed by atoms with Crippen LogP contribution in [0.3, 0.4) is 0 Å². The summed E-state index contributed by atoms with van der Waals surface area (Å²) in [6.45, 7) is 16.3. The Morgan fingerprint density at radius 3 is 2.58 bits per heavy atom. The molecule has 106 valence electrons. The number of ether oxygens (including phenoxy) is 1. The van der Waals surface area contributed by atoms with Crippen LogP contribution >= 0.6 is 0 Å². The molecule has 0 aliphatic rings. The number of aryl methyl sites for hydroxylation is 2. The molecule has 0 atom stereocenters. The summed E-state index contributed by atoms with van der Waals surface area (Å²) < 4.78 is 5.75. The molecule has 4 heteroatoms. The van der Waals surface area contributed by atoms with E-state index in [9.17, 15) is 0 Å². The second-order valence-electron chi connectivity index (χ2n) is 6.15. The van der Waals surface area contributed by atoms with Crippen LogP contribution in [-0.2, 0) is 4.74 Å². The third kappa shape index (κ3) is 5.57. The summed E-state index contributed by atoms with van der Waals surface area (Å²) >= 11 is 0. The molecule has 0 N–H and O–H groups in total. The Bertz CT molecular complexity index is 427. The number of aromatic nitrogens is 1.